The minimum absolute atomic E-state index is 0.0673. The van der Waals surface area contributed by atoms with Crippen LogP contribution in [0.5, 0.6) is 0 Å². The van der Waals surface area contributed by atoms with Gasteiger partial charge in [-0.15, -0.1) is 0 Å². The van der Waals surface area contributed by atoms with Crippen LogP contribution in [0.2, 0.25) is 0 Å². The Labute approximate surface area is 144 Å². The zero-order chi connectivity index (χ0) is 17.6. The second-order valence-corrected chi connectivity index (χ2v) is 6.56. The Kier molecular flexibility index (Phi) is 3.64. The highest BCUT2D eigenvalue weighted by molar-refractivity contribution is 6.22. The van der Waals surface area contributed by atoms with E-state index in [1.165, 1.54) is 0 Å². The molecule has 1 aliphatic carbocycles. The number of amides is 1. The zero-order valence-corrected chi connectivity index (χ0v) is 13.6. The number of carboxylic acid groups (broad SMARTS) is 1. The fraction of sp³-hybridized carbons (Fsp3) is 0.250. The molecule has 25 heavy (non-hydrogen) atoms. The summed E-state index contributed by atoms with van der Waals surface area (Å²) in [5, 5.41) is 9.19. The Morgan fingerprint density at radius 2 is 1.72 bits per heavy atom. The minimum Gasteiger partial charge on any atom is -0.481 e. The molecule has 2 aromatic rings. The van der Waals surface area contributed by atoms with Crippen molar-refractivity contribution in [2.45, 2.75) is 12.8 Å². The second-order valence-electron chi connectivity index (χ2n) is 6.56. The highest BCUT2D eigenvalue weighted by Gasteiger charge is 2.31. The number of piperidine rings is 1. The van der Waals surface area contributed by atoms with E-state index in [2.05, 4.69) is 0 Å². The Balaban J connectivity index is 1.64. The Morgan fingerprint density at radius 1 is 1.00 bits per heavy atom. The van der Waals surface area contributed by atoms with Gasteiger partial charge >= 0.3 is 5.97 Å². The molecule has 5 nitrogen and oxygen atoms in total. The zero-order valence-electron chi connectivity index (χ0n) is 13.6. The first kappa shape index (κ1) is 15.6. The van der Waals surface area contributed by atoms with Crippen molar-refractivity contribution in [3.8, 4) is 11.1 Å². The molecule has 1 fully saturated rings. The summed E-state index contributed by atoms with van der Waals surface area (Å²) in [5.41, 5.74) is 3.38. The SMILES string of the molecule is O=C1c2ccccc2-c2ccc(C(=O)N3CCCC(C(=O)O)C3)cc21. The van der Waals surface area contributed by atoms with Crippen LogP contribution in [0.1, 0.15) is 39.1 Å². The summed E-state index contributed by atoms with van der Waals surface area (Å²) in [6.45, 7) is 0.771. The van der Waals surface area contributed by atoms with Crippen molar-refractivity contribution in [1.29, 1.82) is 0 Å². The fourth-order valence-corrected chi connectivity index (χ4v) is 3.71. The molecule has 2 aliphatic rings. The van der Waals surface area contributed by atoms with Gasteiger partial charge in [0.25, 0.3) is 5.91 Å². The monoisotopic (exact) mass is 335 g/mol. The number of carbonyl (C=O) groups is 3. The molecule has 1 saturated heterocycles. The number of fused-ring (bicyclic) bond motifs is 3. The second kappa shape index (κ2) is 5.84. The highest BCUT2D eigenvalue weighted by Crippen LogP contribution is 2.37. The lowest BCUT2D eigenvalue weighted by Gasteiger charge is -2.30. The molecule has 0 bridgehead atoms. The van der Waals surface area contributed by atoms with E-state index in [4.69, 9.17) is 0 Å². The van der Waals surface area contributed by atoms with Crippen LogP contribution >= 0.6 is 0 Å². The number of likely N-dealkylation sites (tertiary alicyclic amines) is 1. The first-order chi connectivity index (χ1) is 12.1. The number of rotatable bonds is 2. The van der Waals surface area contributed by atoms with Crippen LogP contribution in [0.4, 0.5) is 0 Å². The lowest BCUT2D eigenvalue weighted by molar-refractivity contribution is -0.143. The van der Waals surface area contributed by atoms with Crippen molar-refractivity contribution >= 4 is 17.7 Å². The van der Waals surface area contributed by atoms with Crippen LogP contribution in [0.15, 0.2) is 42.5 Å². The van der Waals surface area contributed by atoms with Gasteiger partial charge in [-0.05, 0) is 36.1 Å². The normalized spacial score (nSPS) is 18.6. The lowest BCUT2D eigenvalue weighted by atomic mass is 9.97. The number of carboxylic acids is 1. The first-order valence-corrected chi connectivity index (χ1v) is 8.36. The first-order valence-electron chi connectivity index (χ1n) is 8.36. The van der Waals surface area contributed by atoms with E-state index in [0.717, 1.165) is 11.1 Å². The van der Waals surface area contributed by atoms with Gasteiger partial charge in [0.1, 0.15) is 0 Å². The number of nitrogens with zero attached hydrogens (tertiary/aromatic N) is 1. The standard InChI is InChI=1S/C20H17NO4/c22-18-16-6-2-1-5-14(16)15-8-7-12(10-17(15)18)19(23)21-9-3-4-13(11-21)20(24)25/h1-2,5-8,10,13H,3-4,9,11H2,(H,24,25). The molecule has 5 heteroatoms. The van der Waals surface area contributed by atoms with Crippen LogP contribution in [-0.2, 0) is 4.79 Å². The summed E-state index contributed by atoms with van der Waals surface area (Å²) in [6, 6.07) is 12.6. The lowest BCUT2D eigenvalue weighted by Crippen LogP contribution is -2.42. The molecule has 4 rings (SSSR count). The molecule has 2 aromatic carbocycles. The minimum atomic E-state index is -0.864. The van der Waals surface area contributed by atoms with Gasteiger partial charge in [0.15, 0.2) is 5.78 Å². The molecule has 0 spiro atoms. The summed E-state index contributed by atoms with van der Waals surface area (Å²) in [4.78, 5) is 38.1. The van der Waals surface area contributed by atoms with Crippen molar-refractivity contribution in [2.24, 2.45) is 5.92 Å². The Bertz CT molecular complexity index is 902. The Morgan fingerprint density at radius 3 is 2.48 bits per heavy atom. The molecule has 1 unspecified atom stereocenters. The van der Waals surface area contributed by atoms with E-state index >= 15 is 0 Å². The summed E-state index contributed by atoms with van der Waals surface area (Å²) >= 11 is 0. The molecule has 1 aliphatic heterocycles. The van der Waals surface area contributed by atoms with Gasteiger partial charge in [0.05, 0.1) is 5.92 Å². The van der Waals surface area contributed by atoms with Gasteiger partial charge in [-0.2, -0.15) is 0 Å². The molecular formula is C20H17NO4. The maximum atomic E-state index is 12.8. The van der Waals surface area contributed by atoms with Gasteiger partial charge in [-0.1, -0.05) is 30.3 Å². The van der Waals surface area contributed by atoms with Crippen LogP contribution in [-0.4, -0.2) is 40.8 Å². The molecule has 0 saturated carbocycles. The van der Waals surface area contributed by atoms with Crippen molar-refractivity contribution in [3.63, 3.8) is 0 Å². The average Bonchev–Trinajstić information content (AvgIpc) is 2.94. The maximum Gasteiger partial charge on any atom is 0.308 e. The van der Waals surface area contributed by atoms with Gasteiger partial charge in [-0.25, -0.2) is 0 Å². The smallest absolute Gasteiger partial charge is 0.308 e. The van der Waals surface area contributed by atoms with E-state index in [9.17, 15) is 19.5 Å². The van der Waals surface area contributed by atoms with Gasteiger partial charge in [0, 0.05) is 29.8 Å². The number of hydrogen-bond donors (Lipinski definition) is 1. The van der Waals surface area contributed by atoms with Crippen LogP contribution < -0.4 is 0 Å². The molecule has 1 heterocycles. The maximum absolute atomic E-state index is 12.8. The number of ketones is 1. The van der Waals surface area contributed by atoms with Gasteiger partial charge in [0.2, 0.25) is 0 Å². The molecule has 1 atom stereocenters. The largest absolute Gasteiger partial charge is 0.481 e. The number of aliphatic carboxylic acids is 1. The summed E-state index contributed by atoms with van der Waals surface area (Å²) in [5.74, 6) is -1.66. The third-order valence-corrected chi connectivity index (χ3v) is 5.03. The molecule has 1 N–H and O–H groups in total. The fourth-order valence-electron chi connectivity index (χ4n) is 3.71. The average molecular weight is 335 g/mol. The predicted octanol–water partition coefficient (Wildman–Crippen LogP) is 2.83. The van der Waals surface area contributed by atoms with Gasteiger partial charge in [-0.3, -0.25) is 14.4 Å². The van der Waals surface area contributed by atoms with Crippen LogP contribution in [0.3, 0.4) is 0 Å². The van der Waals surface area contributed by atoms with Crippen molar-refractivity contribution < 1.29 is 19.5 Å². The van der Waals surface area contributed by atoms with E-state index in [1.54, 1.807) is 23.1 Å². The third kappa shape index (κ3) is 2.52. The molecule has 0 radical (unpaired) electrons. The van der Waals surface area contributed by atoms with E-state index in [1.807, 2.05) is 24.3 Å². The summed E-state index contributed by atoms with van der Waals surface area (Å²) in [6.07, 6.45) is 1.27. The van der Waals surface area contributed by atoms with E-state index in [0.29, 0.717) is 36.1 Å². The van der Waals surface area contributed by atoms with Crippen molar-refractivity contribution in [1.82, 2.24) is 4.90 Å². The van der Waals surface area contributed by atoms with E-state index < -0.39 is 11.9 Å². The van der Waals surface area contributed by atoms with Crippen molar-refractivity contribution in [3.05, 3.63) is 59.2 Å². The number of carbonyl (C=O) groups excluding carboxylic acids is 2. The molecule has 1 amide bonds. The van der Waals surface area contributed by atoms with E-state index in [-0.39, 0.29) is 18.2 Å². The summed E-state index contributed by atoms with van der Waals surface area (Å²) in [7, 11) is 0. The van der Waals surface area contributed by atoms with Crippen LogP contribution in [0, 0.1) is 5.92 Å². The Hall–Kier alpha value is -2.95. The molecule has 0 aromatic heterocycles. The summed E-state index contributed by atoms with van der Waals surface area (Å²) < 4.78 is 0. The highest BCUT2D eigenvalue weighted by atomic mass is 16.4. The van der Waals surface area contributed by atoms with Crippen LogP contribution in [0.25, 0.3) is 11.1 Å². The topological polar surface area (TPSA) is 74.7 Å². The number of benzene rings is 2. The third-order valence-electron chi connectivity index (χ3n) is 5.03. The van der Waals surface area contributed by atoms with Crippen molar-refractivity contribution in [2.75, 3.05) is 13.1 Å². The van der Waals surface area contributed by atoms with Gasteiger partial charge < -0.3 is 10.0 Å². The molecular weight excluding hydrogens is 318 g/mol. The molecule has 126 valence electrons. The number of hydrogen-bond acceptors (Lipinski definition) is 3. The predicted molar refractivity (Wildman–Crippen MR) is 91.6 cm³/mol. The quantitative estimate of drug-likeness (QED) is 0.781.